The van der Waals surface area contributed by atoms with E-state index in [1.54, 1.807) is 4.31 Å². The van der Waals surface area contributed by atoms with Crippen LogP contribution in [0.25, 0.3) is 0 Å². The molecule has 2 saturated heterocycles. The van der Waals surface area contributed by atoms with Crippen LogP contribution >= 0.6 is 0 Å². The normalized spacial score (nSPS) is 24.7. The van der Waals surface area contributed by atoms with E-state index in [1.807, 2.05) is 6.07 Å². The number of sulfonamides is 1. The maximum atomic E-state index is 13.0. The molecule has 0 radical (unpaired) electrons. The van der Waals surface area contributed by atoms with Crippen molar-refractivity contribution in [3.8, 4) is 0 Å². The fourth-order valence-electron chi connectivity index (χ4n) is 3.66. The van der Waals surface area contributed by atoms with Crippen molar-refractivity contribution in [2.45, 2.75) is 50.8 Å². The molecule has 0 spiro atoms. The van der Waals surface area contributed by atoms with Crippen molar-refractivity contribution in [3.63, 3.8) is 0 Å². The Morgan fingerprint density at radius 2 is 1.86 bits per heavy atom. The van der Waals surface area contributed by atoms with Gasteiger partial charge in [0.25, 0.3) is 0 Å². The van der Waals surface area contributed by atoms with E-state index in [1.165, 1.54) is 16.7 Å². The van der Waals surface area contributed by atoms with Crippen molar-refractivity contribution in [3.05, 3.63) is 34.9 Å². The summed E-state index contributed by atoms with van der Waals surface area (Å²) >= 11 is 0. The highest BCUT2D eigenvalue weighted by atomic mass is 32.2. The maximum Gasteiger partial charge on any atom is 0.217 e. The van der Waals surface area contributed by atoms with Gasteiger partial charge in [-0.3, -0.25) is 0 Å². The van der Waals surface area contributed by atoms with Crippen LogP contribution in [0.4, 0.5) is 0 Å². The fraction of sp³-hybridized carbons (Fsp3) is 0.647. The van der Waals surface area contributed by atoms with Crippen molar-refractivity contribution in [2.24, 2.45) is 0 Å². The lowest BCUT2D eigenvalue weighted by Crippen LogP contribution is -2.41. The van der Waals surface area contributed by atoms with Gasteiger partial charge in [0.05, 0.1) is 11.3 Å². The summed E-state index contributed by atoms with van der Waals surface area (Å²) in [7, 11) is -3.24. The standard InChI is InChI=1S/C17H25NO3S/c1-13-5-3-6-16(14(13)2)17-7-4-10-18(17)22(19,20)15-8-11-21-12-9-15/h3,5-6,15,17H,4,7-12H2,1-2H3. The Kier molecular flexibility index (Phi) is 4.57. The summed E-state index contributed by atoms with van der Waals surface area (Å²) in [5.41, 5.74) is 3.63. The van der Waals surface area contributed by atoms with E-state index in [0.717, 1.165) is 12.8 Å². The lowest BCUT2D eigenvalue weighted by Gasteiger charge is -2.31. The number of benzene rings is 1. The first-order valence-electron chi connectivity index (χ1n) is 8.16. The van der Waals surface area contributed by atoms with Gasteiger partial charge in [-0.2, -0.15) is 4.31 Å². The first-order chi connectivity index (χ1) is 10.5. The van der Waals surface area contributed by atoms with E-state index >= 15 is 0 Å². The van der Waals surface area contributed by atoms with Gasteiger partial charge in [0.2, 0.25) is 10.0 Å². The lowest BCUT2D eigenvalue weighted by molar-refractivity contribution is 0.0971. The quantitative estimate of drug-likeness (QED) is 0.859. The second kappa shape index (κ2) is 6.30. The minimum atomic E-state index is -3.24. The Balaban J connectivity index is 1.91. The number of ether oxygens (including phenoxy) is 1. The molecule has 0 amide bonds. The van der Waals surface area contributed by atoms with Crippen LogP contribution in [-0.2, 0) is 14.8 Å². The third-order valence-electron chi connectivity index (χ3n) is 5.13. The van der Waals surface area contributed by atoms with E-state index in [-0.39, 0.29) is 11.3 Å². The summed E-state index contributed by atoms with van der Waals surface area (Å²) < 4.78 is 33.2. The number of nitrogens with zero attached hydrogens (tertiary/aromatic N) is 1. The molecule has 2 heterocycles. The molecule has 1 aromatic rings. The van der Waals surface area contributed by atoms with Crippen LogP contribution in [0, 0.1) is 13.8 Å². The molecule has 1 unspecified atom stereocenters. The summed E-state index contributed by atoms with van der Waals surface area (Å²) in [4.78, 5) is 0. The number of rotatable bonds is 3. The van der Waals surface area contributed by atoms with Crippen molar-refractivity contribution in [2.75, 3.05) is 19.8 Å². The molecule has 3 rings (SSSR count). The molecule has 0 aliphatic carbocycles. The average molecular weight is 323 g/mol. The summed E-state index contributed by atoms with van der Waals surface area (Å²) in [6.45, 7) is 5.96. The predicted molar refractivity (Wildman–Crippen MR) is 87.4 cm³/mol. The van der Waals surface area contributed by atoms with Crippen LogP contribution in [-0.4, -0.2) is 37.7 Å². The van der Waals surface area contributed by atoms with Gasteiger partial charge in [0, 0.05) is 19.8 Å². The topological polar surface area (TPSA) is 46.6 Å². The van der Waals surface area contributed by atoms with E-state index in [2.05, 4.69) is 26.0 Å². The lowest BCUT2D eigenvalue weighted by atomic mass is 9.97. The van der Waals surface area contributed by atoms with Gasteiger partial charge < -0.3 is 4.74 Å². The number of aryl methyl sites for hydroxylation is 1. The van der Waals surface area contributed by atoms with Gasteiger partial charge >= 0.3 is 0 Å². The number of hydrogen-bond acceptors (Lipinski definition) is 3. The van der Waals surface area contributed by atoms with E-state index in [4.69, 9.17) is 4.74 Å². The van der Waals surface area contributed by atoms with Crippen LogP contribution in [0.5, 0.6) is 0 Å². The third-order valence-corrected chi connectivity index (χ3v) is 7.53. The molecule has 2 aliphatic rings. The van der Waals surface area contributed by atoms with Crippen molar-refractivity contribution < 1.29 is 13.2 Å². The zero-order chi connectivity index (χ0) is 15.7. The van der Waals surface area contributed by atoms with E-state index in [9.17, 15) is 8.42 Å². The monoisotopic (exact) mass is 323 g/mol. The molecule has 22 heavy (non-hydrogen) atoms. The van der Waals surface area contributed by atoms with Crippen LogP contribution in [0.3, 0.4) is 0 Å². The Morgan fingerprint density at radius 1 is 1.14 bits per heavy atom. The minimum absolute atomic E-state index is 0.00717. The second-order valence-corrected chi connectivity index (χ2v) is 8.58. The number of hydrogen-bond donors (Lipinski definition) is 0. The fourth-order valence-corrected chi connectivity index (χ4v) is 5.78. The first kappa shape index (κ1) is 16.0. The highest BCUT2D eigenvalue weighted by molar-refractivity contribution is 7.89. The molecule has 122 valence electrons. The molecule has 5 heteroatoms. The molecule has 1 atom stereocenters. The smallest absolute Gasteiger partial charge is 0.217 e. The molecule has 0 bridgehead atoms. The Morgan fingerprint density at radius 3 is 2.59 bits per heavy atom. The van der Waals surface area contributed by atoms with Crippen LogP contribution in [0.2, 0.25) is 0 Å². The summed E-state index contributed by atoms with van der Waals surface area (Å²) in [6, 6.07) is 6.22. The van der Waals surface area contributed by atoms with Gasteiger partial charge in [-0.25, -0.2) is 8.42 Å². The van der Waals surface area contributed by atoms with Gasteiger partial charge in [-0.15, -0.1) is 0 Å². The largest absolute Gasteiger partial charge is 0.381 e. The van der Waals surface area contributed by atoms with Crippen molar-refractivity contribution >= 4 is 10.0 Å². The molecule has 0 aromatic heterocycles. The SMILES string of the molecule is Cc1cccc(C2CCCN2S(=O)(=O)C2CCOCC2)c1C. The zero-order valence-electron chi connectivity index (χ0n) is 13.4. The molecule has 0 saturated carbocycles. The molecule has 4 nitrogen and oxygen atoms in total. The second-order valence-electron chi connectivity index (χ2n) is 6.41. The molecular formula is C17H25NO3S. The van der Waals surface area contributed by atoms with Crippen LogP contribution < -0.4 is 0 Å². The highest BCUT2D eigenvalue weighted by Crippen LogP contribution is 2.38. The predicted octanol–water partition coefficient (Wildman–Crippen LogP) is 2.95. The van der Waals surface area contributed by atoms with Crippen LogP contribution in [0.1, 0.15) is 48.4 Å². The summed E-state index contributed by atoms with van der Waals surface area (Å²) in [5, 5.41) is -0.271. The van der Waals surface area contributed by atoms with E-state index in [0.29, 0.717) is 32.6 Å². The van der Waals surface area contributed by atoms with Gasteiger partial charge in [0.1, 0.15) is 0 Å². The minimum Gasteiger partial charge on any atom is -0.381 e. The van der Waals surface area contributed by atoms with Crippen molar-refractivity contribution in [1.82, 2.24) is 4.31 Å². The third kappa shape index (κ3) is 2.82. The Labute approximate surface area is 133 Å². The molecule has 2 fully saturated rings. The molecule has 2 aliphatic heterocycles. The molecule has 1 aromatic carbocycles. The van der Waals surface area contributed by atoms with Crippen LogP contribution in [0.15, 0.2) is 18.2 Å². The zero-order valence-corrected chi connectivity index (χ0v) is 14.2. The first-order valence-corrected chi connectivity index (χ1v) is 9.66. The molecular weight excluding hydrogens is 298 g/mol. The Bertz CT molecular complexity index is 635. The van der Waals surface area contributed by atoms with Gasteiger partial charge in [-0.1, -0.05) is 18.2 Å². The van der Waals surface area contributed by atoms with Gasteiger partial charge in [-0.05, 0) is 56.2 Å². The summed E-state index contributed by atoms with van der Waals surface area (Å²) in [5.74, 6) is 0. The maximum absolute atomic E-state index is 13.0. The highest BCUT2D eigenvalue weighted by Gasteiger charge is 2.40. The average Bonchev–Trinajstić information content (AvgIpc) is 3.01. The van der Waals surface area contributed by atoms with E-state index < -0.39 is 10.0 Å². The van der Waals surface area contributed by atoms with Crippen molar-refractivity contribution in [1.29, 1.82) is 0 Å². The van der Waals surface area contributed by atoms with Gasteiger partial charge in [0.15, 0.2) is 0 Å². The Hall–Kier alpha value is -0.910. The molecule has 0 N–H and O–H groups in total. The summed E-state index contributed by atoms with van der Waals surface area (Å²) in [6.07, 6.45) is 3.12.